The first kappa shape index (κ1) is 14.3. The fraction of sp³-hybridized carbons (Fsp3) is 0.778. The lowest BCUT2D eigenvalue weighted by Gasteiger charge is -2.66. The van der Waals surface area contributed by atoms with Gasteiger partial charge >= 0.3 is 0 Å². The van der Waals surface area contributed by atoms with Crippen molar-refractivity contribution in [1.29, 1.82) is 0 Å². The molecule has 3 heteroatoms. The van der Waals surface area contributed by atoms with E-state index in [0.29, 0.717) is 16.2 Å². The van der Waals surface area contributed by atoms with Crippen molar-refractivity contribution in [3.63, 3.8) is 0 Å². The van der Waals surface area contributed by atoms with Crippen LogP contribution in [-0.4, -0.2) is 0 Å². The van der Waals surface area contributed by atoms with E-state index in [-0.39, 0.29) is 6.04 Å². The van der Waals surface area contributed by atoms with Gasteiger partial charge in [-0.1, -0.05) is 13.8 Å². The largest absolute Gasteiger partial charge is 0.466 e. The molecule has 0 radical (unpaired) electrons. The molecule has 4 fully saturated rings. The van der Waals surface area contributed by atoms with Crippen molar-refractivity contribution >= 4 is 15.9 Å². The monoisotopic (exact) mass is 351 g/mol. The third-order valence-electron chi connectivity index (χ3n) is 6.38. The fourth-order valence-corrected chi connectivity index (χ4v) is 7.54. The Kier molecular flexibility index (Phi) is 2.99. The Balaban J connectivity index is 1.61. The Morgan fingerprint density at radius 2 is 1.90 bits per heavy atom. The first-order chi connectivity index (χ1) is 9.81. The molecule has 4 saturated carbocycles. The average molecular weight is 352 g/mol. The molecule has 0 spiro atoms. The first-order valence-electron chi connectivity index (χ1n) is 8.29. The zero-order chi connectivity index (χ0) is 14.9. The van der Waals surface area contributed by atoms with Crippen LogP contribution in [0, 0.1) is 22.2 Å². The van der Waals surface area contributed by atoms with Gasteiger partial charge in [0.05, 0.1) is 16.8 Å². The number of hydrogen-bond donors (Lipinski definition) is 1. The van der Waals surface area contributed by atoms with Crippen LogP contribution in [0.25, 0.3) is 0 Å². The molecular weight excluding hydrogens is 326 g/mol. The Morgan fingerprint density at radius 3 is 2.43 bits per heavy atom. The number of furan rings is 1. The summed E-state index contributed by atoms with van der Waals surface area (Å²) in [7, 11) is 0. The molecule has 3 unspecified atom stereocenters. The van der Waals surface area contributed by atoms with Gasteiger partial charge in [0.25, 0.3) is 0 Å². The van der Waals surface area contributed by atoms with Gasteiger partial charge < -0.3 is 10.2 Å². The lowest BCUT2D eigenvalue weighted by molar-refractivity contribution is -0.149. The standard InChI is InChI=1S/C18H26BrNO/c1-16-5-12-6-17(2,9-16)11-18(7-12,10-16)8-14(20)15-13(19)3-4-21-15/h3-4,12,14H,5-11,20H2,1-2H3. The smallest absolute Gasteiger partial charge is 0.134 e. The van der Waals surface area contributed by atoms with Crippen molar-refractivity contribution in [2.45, 2.75) is 64.8 Å². The zero-order valence-corrected chi connectivity index (χ0v) is 14.7. The predicted molar refractivity (Wildman–Crippen MR) is 87.8 cm³/mol. The summed E-state index contributed by atoms with van der Waals surface area (Å²) in [5.41, 5.74) is 8.10. The van der Waals surface area contributed by atoms with Gasteiger partial charge in [-0.25, -0.2) is 0 Å². The maximum atomic E-state index is 6.52. The first-order valence-corrected chi connectivity index (χ1v) is 9.08. The molecule has 1 heterocycles. The fourth-order valence-electron chi connectivity index (χ4n) is 7.04. The summed E-state index contributed by atoms with van der Waals surface area (Å²) in [6.07, 6.45) is 11.3. The Bertz CT molecular complexity index is 547. The van der Waals surface area contributed by atoms with E-state index in [1.807, 2.05) is 6.07 Å². The summed E-state index contributed by atoms with van der Waals surface area (Å²) in [4.78, 5) is 0. The van der Waals surface area contributed by atoms with Gasteiger partial charge in [0.1, 0.15) is 5.76 Å². The van der Waals surface area contributed by atoms with Crippen LogP contribution in [0.3, 0.4) is 0 Å². The van der Waals surface area contributed by atoms with E-state index in [9.17, 15) is 0 Å². The second kappa shape index (κ2) is 4.38. The Labute approximate surface area is 136 Å². The summed E-state index contributed by atoms with van der Waals surface area (Å²) in [6.45, 7) is 5.05. The molecule has 1 aromatic rings. The van der Waals surface area contributed by atoms with E-state index in [1.54, 1.807) is 6.26 Å². The minimum atomic E-state index is 0.0258. The maximum Gasteiger partial charge on any atom is 0.134 e. The number of nitrogens with two attached hydrogens (primary N) is 1. The number of hydrogen-bond acceptors (Lipinski definition) is 2. The normalized spacial score (nSPS) is 46.0. The molecule has 0 saturated heterocycles. The molecule has 2 N–H and O–H groups in total. The van der Waals surface area contributed by atoms with Gasteiger partial charge in [-0.3, -0.25) is 0 Å². The third-order valence-corrected chi connectivity index (χ3v) is 7.03. The van der Waals surface area contributed by atoms with Crippen LogP contribution < -0.4 is 5.73 Å². The van der Waals surface area contributed by atoms with Crippen LogP contribution in [0.15, 0.2) is 21.2 Å². The van der Waals surface area contributed by atoms with Crippen LogP contribution in [0.2, 0.25) is 0 Å². The molecular formula is C18H26BrNO. The number of rotatable bonds is 3. The molecule has 1 aromatic heterocycles. The van der Waals surface area contributed by atoms with Crippen LogP contribution in [-0.2, 0) is 0 Å². The highest BCUT2D eigenvalue weighted by molar-refractivity contribution is 9.10. The Hall–Kier alpha value is -0.280. The molecule has 5 rings (SSSR count). The lowest BCUT2D eigenvalue weighted by atomic mass is 9.39. The zero-order valence-electron chi connectivity index (χ0n) is 13.1. The summed E-state index contributed by atoms with van der Waals surface area (Å²) < 4.78 is 6.64. The molecule has 4 aliphatic carbocycles. The molecule has 0 amide bonds. The van der Waals surface area contributed by atoms with E-state index in [0.717, 1.165) is 22.6 Å². The van der Waals surface area contributed by atoms with E-state index in [2.05, 4.69) is 29.8 Å². The van der Waals surface area contributed by atoms with Crippen molar-refractivity contribution < 1.29 is 4.42 Å². The van der Waals surface area contributed by atoms with Gasteiger partial charge in [0, 0.05) is 0 Å². The van der Waals surface area contributed by atoms with Crippen LogP contribution in [0.1, 0.15) is 70.6 Å². The topological polar surface area (TPSA) is 39.2 Å². The predicted octanol–water partition coefficient (Wildman–Crippen LogP) is 5.43. The Morgan fingerprint density at radius 1 is 1.24 bits per heavy atom. The average Bonchev–Trinajstić information content (AvgIpc) is 2.69. The quantitative estimate of drug-likeness (QED) is 0.788. The van der Waals surface area contributed by atoms with E-state index < -0.39 is 0 Å². The highest BCUT2D eigenvalue weighted by atomic mass is 79.9. The maximum absolute atomic E-state index is 6.52. The molecule has 0 aromatic carbocycles. The molecule has 116 valence electrons. The van der Waals surface area contributed by atoms with Gasteiger partial charge in [0.2, 0.25) is 0 Å². The summed E-state index contributed by atoms with van der Waals surface area (Å²) >= 11 is 3.57. The molecule has 2 nitrogen and oxygen atoms in total. The highest BCUT2D eigenvalue weighted by Crippen LogP contribution is 2.71. The minimum absolute atomic E-state index is 0.0258. The number of halogens is 1. The van der Waals surface area contributed by atoms with Gasteiger partial charge in [-0.2, -0.15) is 0 Å². The van der Waals surface area contributed by atoms with Crippen molar-refractivity contribution in [3.8, 4) is 0 Å². The van der Waals surface area contributed by atoms with Crippen molar-refractivity contribution in [2.24, 2.45) is 27.9 Å². The van der Waals surface area contributed by atoms with Crippen molar-refractivity contribution in [2.75, 3.05) is 0 Å². The summed E-state index contributed by atoms with van der Waals surface area (Å²) in [5.74, 6) is 1.87. The van der Waals surface area contributed by atoms with E-state index in [1.165, 1.54) is 38.5 Å². The van der Waals surface area contributed by atoms with Gasteiger partial charge in [-0.15, -0.1) is 0 Å². The van der Waals surface area contributed by atoms with Gasteiger partial charge in [0.15, 0.2) is 0 Å². The van der Waals surface area contributed by atoms with Crippen molar-refractivity contribution in [1.82, 2.24) is 0 Å². The van der Waals surface area contributed by atoms with E-state index >= 15 is 0 Å². The van der Waals surface area contributed by atoms with Crippen LogP contribution in [0.4, 0.5) is 0 Å². The van der Waals surface area contributed by atoms with Crippen LogP contribution >= 0.6 is 15.9 Å². The molecule has 3 atom stereocenters. The SMILES string of the molecule is CC12CC3CC(C)(C1)CC(CC(N)c1occc1Br)(C3)C2. The second-order valence-electron chi connectivity index (χ2n) is 9.07. The second-order valence-corrected chi connectivity index (χ2v) is 9.93. The van der Waals surface area contributed by atoms with Crippen LogP contribution in [0.5, 0.6) is 0 Å². The summed E-state index contributed by atoms with van der Waals surface area (Å²) in [6, 6.07) is 1.98. The highest BCUT2D eigenvalue weighted by Gasteiger charge is 2.60. The van der Waals surface area contributed by atoms with Gasteiger partial charge in [-0.05, 0) is 89.1 Å². The molecule has 21 heavy (non-hydrogen) atoms. The lowest BCUT2D eigenvalue weighted by Crippen LogP contribution is -2.55. The molecule has 0 aliphatic heterocycles. The molecule has 4 aliphatic rings. The minimum Gasteiger partial charge on any atom is -0.466 e. The summed E-state index contributed by atoms with van der Waals surface area (Å²) in [5, 5.41) is 0. The third kappa shape index (κ3) is 2.31. The van der Waals surface area contributed by atoms with E-state index in [4.69, 9.17) is 10.2 Å². The van der Waals surface area contributed by atoms with Crippen molar-refractivity contribution in [3.05, 3.63) is 22.6 Å². The molecule has 4 bridgehead atoms.